The van der Waals surface area contributed by atoms with Crippen LogP contribution in [-0.4, -0.2) is 42.9 Å². The van der Waals surface area contributed by atoms with E-state index >= 15 is 0 Å². The molecule has 0 spiro atoms. The summed E-state index contributed by atoms with van der Waals surface area (Å²) in [5, 5.41) is 12.8. The van der Waals surface area contributed by atoms with E-state index in [1.165, 1.54) is 12.1 Å². The molecule has 3 rings (SSSR count). The van der Waals surface area contributed by atoms with Crippen molar-refractivity contribution in [3.63, 3.8) is 0 Å². The molecule has 1 aliphatic heterocycles. The van der Waals surface area contributed by atoms with Crippen LogP contribution in [0.15, 0.2) is 48.5 Å². The van der Waals surface area contributed by atoms with Crippen molar-refractivity contribution in [2.24, 2.45) is 0 Å². The second-order valence-corrected chi connectivity index (χ2v) is 8.34. The van der Waals surface area contributed by atoms with Gasteiger partial charge in [0.15, 0.2) is 0 Å². The molecule has 0 unspecified atom stereocenters. The zero-order valence-corrected chi connectivity index (χ0v) is 17.9. The molecule has 5 heteroatoms. The number of morpholine rings is 1. The Kier molecular flexibility index (Phi) is 8.07. The van der Waals surface area contributed by atoms with Crippen LogP contribution in [0.25, 0.3) is 0 Å². The normalized spacial score (nSPS) is 18.3. The van der Waals surface area contributed by atoms with Gasteiger partial charge in [0.2, 0.25) is 0 Å². The topological polar surface area (TPSA) is 32.7 Å². The lowest BCUT2D eigenvalue weighted by molar-refractivity contribution is -0.0296. The van der Waals surface area contributed by atoms with Gasteiger partial charge in [-0.25, -0.2) is 4.39 Å². The van der Waals surface area contributed by atoms with Crippen LogP contribution in [0, 0.1) is 5.82 Å². The van der Waals surface area contributed by atoms with Crippen molar-refractivity contribution in [3.8, 4) is 0 Å². The highest BCUT2D eigenvalue weighted by Crippen LogP contribution is 2.42. The Labute approximate surface area is 178 Å². The maximum Gasteiger partial charge on any atom is 0.123 e. The molecule has 0 bridgehead atoms. The Morgan fingerprint density at radius 2 is 1.72 bits per heavy atom. The van der Waals surface area contributed by atoms with Crippen molar-refractivity contribution in [2.75, 3.05) is 32.8 Å². The molecular formula is C24H31ClFNO2. The minimum atomic E-state index is -1.09. The van der Waals surface area contributed by atoms with E-state index in [0.29, 0.717) is 31.2 Å². The van der Waals surface area contributed by atoms with E-state index in [4.69, 9.17) is 16.3 Å². The van der Waals surface area contributed by atoms with E-state index in [0.717, 1.165) is 43.5 Å². The molecule has 1 fully saturated rings. The number of ether oxygens (including phenoxy) is 1. The summed E-state index contributed by atoms with van der Waals surface area (Å²) in [6.07, 6.45) is 3.67. The predicted molar refractivity (Wildman–Crippen MR) is 116 cm³/mol. The third kappa shape index (κ3) is 5.79. The number of hydrogen-bond acceptors (Lipinski definition) is 3. The lowest BCUT2D eigenvalue weighted by atomic mass is 9.74. The van der Waals surface area contributed by atoms with Crippen molar-refractivity contribution in [3.05, 3.63) is 70.5 Å². The third-order valence-corrected chi connectivity index (χ3v) is 6.15. The summed E-state index contributed by atoms with van der Waals surface area (Å²) in [6.45, 7) is 5.97. The summed E-state index contributed by atoms with van der Waals surface area (Å²) in [5.74, 6) is -0.443. The fourth-order valence-corrected chi connectivity index (χ4v) is 4.30. The molecule has 158 valence electrons. The first kappa shape index (κ1) is 22.2. The van der Waals surface area contributed by atoms with Gasteiger partial charge in [-0.15, -0.1) is 0 Å². The van der Waals surface area contributed by atoms with Gasteiger partial charge in [-0.05, 0) is 41.8 Å². The van der Waals surface area contributed by atoms with Crippen molar-refractivity contribution in [1.29, 1.82) is 0 Å². The highest BCUT2D eigenvalue weighted by atomic mass is 35.5. The van der Waals surface area contributed by atoms with Gasteiger partial charge in [0.25, 0.3) is 0 Å². The Balaban J connectivity index is 1.99. The molecule has 0 aliphatic carbocycles. The van der Waals surface area contributed by atoms with Gasteiger partial charge in [-0.3, -0.25) is 4.90 Å². The predicted octanol–water partition coefficient (Wildman–Crippen LogP) is 5.36. The molecule has 0 aromatic heterocycles. The van der Waals surface area contributed by atoms with Crippen LogP contribution >= 0.6 is 11.6 Å². The van der Waals surface area contributed by atoms with Gasteiger partial charge >= 0.3 is 0 Å². The maximum absolute atomic E-state index is 13.6. The zero-order valence-electron chi connectivity index (χ0n) is 17.1. The van der Waals surface area contributed by atoms with E-state index in [-0.39, 0.29) is 11.7 Å². The second-order valence-electron chi connectivity index (χ2n) is 7.91. The van der Waals surface area contributed by atoms with Gasteiger partial charge in [0, 0.05) is 30.6 Å². The van der Waals surface area contributed by atoms with Crippen LogP contribution in [0.3, 0.4) is 0 Å². The van der Waals surface area contributed by atoms with E-state index in [9.17, 15) is 9.50 Å². The molecule has 0 saturated carbocycles. The molecular weight excluding hydrogens is 389 g/mol. The number of benzene rings is 2. The maximum atomic E-state index is 13.6. The number of rotatable bonds is 9. The Hall–Kier alpha value is -1.46. The molecule has 2 atom stereocenters. The van der Waals surface area contributed by atoms with Crippen LogP contribution in [0.1, 0.15) is 49.7 Å². The molecule has 29 heavy (non-hydrogen) atoms. The molecule has 1 N–H and O–H groups in total. The van der Waals surface area contributed by atoms with E-state index in [2.05, 4.69) is 11.8 Å². The number of hydrogen-bond donors (Lipinski definition) is 1. The van der Waals surface area contributed by atoms with Crippen molar-refractivity contribution in [2.45, 2.75) is 44.1 Å². The van der Waals surface area contributed by atoms with E-state index in [1.54, 1.807) is 12.1 Å². The molecule has 1 heterocycles. The fraction of sp³-hybridized carbons (Fsp3) is 0.500. The molecule has 1 saturated heterocycles. The Morgan fingerprint density at radius 1 is 1.07 bits per heavy atom. The summed E-state index contributed by atoms with van der Waals surface area (Å²) >= 11 is 6.13. The zero-order chi connectivity index (χ0) is 20.7. The van der Waals surface area contributed by atoms with Crippen LogP contribution in [0.2, 0.25) is 5.02 Å². The quantitative estimate of drug-likeness (QED) is 0.555. The highest BCUT2D eigenvalue weighted by Gasteiger charge is 2.40. The summed E-state index contributed by atoms with van der Waals surface area (Å²) in [7, 11) is 0. The Bertz CT molecular complexity index is 746. The van der Waals surface area contributed by atoms with Crippen LogP contribution < -0.4 is 0 Å². The Morgan fingerprint density at radius 3 is 2.34 bits per heavy atom. The standard InChI is InChI=1S/C24H31ClFNO2/c1-2-3-4-13-24(28,20-7-11-22(26)12-8-20)23(18-27-14-16-29-17-15-27)19-5-9-21(25)10-6-19/h5-12,23,28H,2-4,13-18H2,1H3/t23-,24+/m0/s1. The van der Waals surface area contributed by atoms with Crippen LogP contribution in [0.5, 0.6) is 0 Å². The lowest BCUT2D eigenvalue weighted by Crippen LogP contribution is -2.45. The smallest absolute Gasteiger partial charge is 0.123 e. The minimum Gasteiger partial charge on any atom is -0.384 e. The van der Waals surface area contributed by atoms with Crippen molar-refractivity contribution in [1.82, 2.24) is 4.90 Å². The number of halogens is 2. The first-order chi connectivity index (χ1) is 14.0. The van der Waals surface area contributed by atoms with Crippen LogP contribution in [0.4, 0.5) is 4.39 Å². The first-order valence-electron chi connectivity index (χ1n) is 10.6. The minimum absolute atomic E-state index is 0.153. The summed E-state index contributed by atoms with van der Waals surface area (Å²) in [5.41, 5.74) is 0.724. The molecule has 2 aromatic carbocycles. The fourth-order valence-electron chi connectivity index (χ4n) is 4.17. The molecule has 0 amide bonds. The second kappa shape index (κ2) is 10.5. The van der Waals surface area contributed by atoms with Crippen molar-refractivity contribution >= 4 is 11.6 Å². The average molecular weight is 420 g/mol. The number of aliphatic hydroxyl groups is 1. The number of nitrogens with zero attached hydrogens (tertiary/aromatic N) is 1. The summed E-state index contributed by atoms with van der Waals surface area (Å²) < 4.78 is 19.1. The lowest BCUT2D eigenvalue weighted by Gasteiger charge is -2.41. The van der Waals surface area contributed by atoms with Crippen molar-refractivity contribution < 1.29 is 14.2 Å². The monoisotopic (exact) mass is 419 g/mol. The van der Waals surface area contributed by atoms with Gasteiger partial charge in [0.05, 0.1) is 18.8 Å². The largest absolute Gasteiger partial charge is 0.384 e. The average Bonchev–Trinajstić information content (AvgIpc) is 2.74. The summed E-state index contributed by atoms with van der Waals surface area (Å²) in [4.78, 5) is 2.34. The van der Waals surface area contributed by atoms with E-state index < -0.39 is 5.60 Å². The summed E-state index contributed by atoms with van der Waals surface area (Å²) in [6, 6.07) is 14.1. The molecule has 3 nitrogen and oxygen atoms in total. The van der Waals surface area contributed by atoms with Crippen LogP contribution in [-0.2, 0) is 10.3 Å². The molecule has 1 aliphatic rings. The third-order valence-electron chi connectivity index (χ3n) is 5.90. The van der Waals surface area contributed by atoms with Gasteiger partial charge in [-0.2, -0.15) is 0 Å². The van der Waals surface area contributed by atoms with Gasteiger partial charge in [-0.1, -0.05) is 62.1 Å². The molecule has 2 aromatic rings. The van der Waals surface area contributed by atoms with Gasteiger partial charge in [0.1, 0.15) is 5.82 Å². The molecule has 0 radical (unpaired) electrons. The van der Waals surface area contributed by atoms with Gasteiger partial charge < -0.3 is 9.84 Å². The highest BCUT2D eigenvalue weighted by molar-refractivity contribution is 6.30. The number of unbranched alkanes of at least 4 members (excludes halogenated alkanes) is 2. The SMILES string of the molecule is CCCCC[C@@](O)(c1ccc(F)cc1)[C@@H](CN1CCOCC1)c1ccc(Cl)cc1. The van der Waals surface area contributed by atoms with E-state index in [1.807, 2.05) is 24.3 Å². The first-order valence-corrected chi connectivity index (χ1v) is 10.9.